The molecular weight excluding hydrogens is 352 g/mol. The monoisotopic (exact) mass is 378 g/mol. The van der Waals surface area contributed by atoms with E-state index in [2.05, 4.69) is 87.8 Å². The molecule has 0 aliphatic carbocycles. The summed E-state index contributed by atoms with van der Waals surface area (Å²) in [6.07, 6.45) is 1.07. The van der Waals surface area contributed by atoms with Gasteiger partial charge in [0.15, 0.2) is 0 Å². The molecule has 0 saturated carbocycles. The first-order valence-corrected chi connectivity index (χ1v) is 11.0. The third-order valence-corrected chi connectivity index (χ3v) is 7.37. The van der Waals surface area contributed by atoms with Crippen LogP contribution in [0.2, 0.25) is 0 Å². The van der Waals surface area contributed by atoms with E-state index in [0.29, 0.717) is 0 Å². The largest absolute Gasteiger partial charge is 0.144 e. The van der Waals surface area contributed by atoms with Gasteiger partial charge < -0.3 is 0 Å². The second-order valence-electron chi connectivity index (χ2n) is 8.90. The second-order valence-corrected chi connectivity index (χ2v) is 10.7. The van der Waals surface area contributed by atoms with Crippen molar-refractivity contribution in [2.45, 2.75) is 51.9 Å². The Balaban J connectivity index is 1.79. The van der Waals surface area contributed by atoms with Crippen molar-refractivity contribution in [3.05, 3.63) is 69.9 Å². The second kappa shape index (κ2) is 6.21. The topological polar surface area (TPSA) is 0 Å². The smallest absolute Gasteiger partial charge is 0.0382 e. The highest BCUT2D eigenvalue weighted by molar-refractivity contribution is 7.17. The molecule has 4 rings (SSSR count). The molecule has 0 aliphatic rings. The predicted molar refractivity (Wildman–Crippen MR) is 119 cm³/mol. The molecule has 4 aromatic rings. The molecule has 0 aliphatic heterocycles. The summed E-state index contributed by atoms with van der Waals surface area (Å²) >= 11 is 3.78. The van der Waals surface area contributed by atoms with Crippen LogP contribution >= 0.6 is 22.7 Å². The molecule has 0 spiro atoms. The van der Waals surface area contributed by atoms with E-state index in [9.17, 15) is 0 Å². The Morgan fingerprint density at radius 3 is 2.27 bits per heavy atom. The molecule has 2 aromatic carbocycles. The Kier molecular flexibility index (Phi) is 4.24. The van der Waals surface area contributed by atoms with Crippen LogP contribution in [-0.4, -0.2) is 0 Å². The summed E-state index contributed by atoms with van der Waals surface area (Å²) in [6, 6.07) is 15.8. The molecule has 2 aromatic heterocycles. The molecule has 0 radical (unpaired) electrons. The zero-order valence-electron chi connectivity index (χ0n) is 16.2. The lowest BCUT2D eigenvalue weighted by molar-refractivity contribution is 0.530. The summed E-state index contributed by atoms with van der Waals surface area (Å²) in [5.41, 5.74) is 4.70. The number of thiophene rings is 2. The normalized spacial score (nSPS) is 13.0. The summed E-state index contributed by atoms with van der Waals surface area (Å²) in [6.45, 7) is 11.7. The van der Waals surface area contributed by atoms with Crippen LogP contribution in [0.15, 0.2) is 53.2 Å². The Morgan fingerprint density at radius 2 is 1.50 bits per heavy atom. The third-order valence-electron chi connectivity index (χ3n) is 5.33. The third kappa shape index (κ3) is 3.00. The predicted octanol–water partition coefficient (Wildman–Crippen LogP) is 7.93. The van der Waals surface area contributed by atoms with Gasteiger partial charge in [-0.15, -0.1) is 22.7 Å². The van der Waals surface area contributed by atoms with Gasteiger partial charge in [0.2, 0.25) is 0 Å². The molecule has 0 fully saturated rings. The van der Waals surface area contributed by atoms with Gasteiger partial charge in [-0.3, -0.25) is 0 Å². The molecule has 0 bridgehead atoms. The van der Waals surface area contributed by atoms with Gasteiger partial charge in [-0.25, -0.2) is 0 Å². The van der Waals surface area contributed by atoms with Crippen LogP contribution in [-0.2, 0) is 17.3 Å². The summed E-state index contributed by atoms with van der Waals surface area (Å²) in [4.78, 5) is 0. The van der Waals surface area contributed by atoms with Gasteiger partial charge in [0.25, 0.3) is 0 Å². The molecule has 0 saturated heterocycles. The van der Waals surface area contributed by atoms with Crippen LogP contribution in [0.3, 0.4) is 0 Å². The first-order valence-electron chi connectivity index (χ1n) is 9.24. The highest BCUT2D eigenvalue weighted by atomic mass is 32.1. The van der Waals surface area contributed by atoms with E-state index < -0.39 is 0 Å². The summed E-state index contributed by atoms with van der Waals surface area (Å²) in [7, 11) is 0. The number of hydrogen-bond donors (Lipinski definition) is 0. The lowest BCUT2D eigenvalue weighted by Crippen LogP contribution is -2.20. The summed E-state index contributed by atoms with van der Waals surface area (Å²) in [5, 5.41) is 7.40. The van der Waals surface area contributed by atoms with Crippen molar-refractivity contribution in [2.24, 2.45) is 0 Å². The molecule has 134 valence electrons. The minimum absolute atomic E-state index is 0.107. The lowest BCUT2D eigenvalue weighted by atomic mass is 9.78. The number of rotatable bonds is 3. The van der Waals surface area contributed by atoms with Crippen LogP contribution in [0.1, 0.15) is 51.3 Å². The van der Waals surface area contributed by atoms with Gasteiger partial charge in [0, 0.05) is 9.40 Å². The maximum Gasteiger partial charge on any atom is 0.0382 e. The van der Waals surface area contributed by atoms with Gasteiger partial charge in [-0.05, 0) is 61.5 Å². The van der Waals surface area contributed by atoms with Crippen LogP contribution < -0.4 is 0 Å². The first kappa shape index (κ1) is 17.8. The Morgan fingerprint density at radius 1 is 0.769 bits per heavy atom. The van der Waals surface area contributed by atoms with Crippen molar-refractivity contribution < 1.29 is 0 Å². The molecule has 26 heavy (non-hydrogen) atoms. The van der Waals surface area contributed by atoms with Crippen molar-refractivity contribution in [2.75, 3.05) is 0 Å². The van der Waals surface area contributed by atoms with Gasteiger partial charge in [-0.2, -0.15) is 0 Å². The van der Waals surface area contributed by atoms with Gasteiger partial charge in [-0.1, -0.05) is 71.0 Å². The van der Waals surface area contributed by atoms with Crippen LogP contribution in [0.4, 0.5) is 0 Å². The van der Waals surface area contributed by atoms with Crippen molar-refractivity contribution in [3.63, 3.8) is 0 Å². The van der Waals surface area contributed by atoms with Gasteiger partial charge in [0.1, 0.15) is 0 Å². The number of benzene rings is 2. The lowest BCUT2D eigenvalue weighted by Gasteiger charge is -2.26. The maximum atomic E-state index is 2.39. The Bertz CT molecular complexity index is 1070. The van der Waals surface area contributed by atoms with Gasteiger partial charge in [0.05, 0.1) is 0 Å². The molecule has 0 unspecified atom stereocenters. The van der Waals surface area contributed by atoms with E-state index in [1.807, 2.05) is 22.7 Å². The zero-order valence-corrected chi connectivity index (χ0v) is 17.9. The minimum Gasteiger partial charge on any atom is -0.144 e. The molecule has 0 N–H and O–H groups in total. The molecule has 2 heteroatoms. The average molecular weight is 379 g/mol. The fourth-order valence-corrected chi connectivity index (χ4v) is 6.33. The number of hydrogen-bond acceptors (Lipinski definition) is 2. The SMILES string of the molecule is CC(C)(C)c1cccc2c(CC(C)(C)c3cccc4ccsc34)csc12. The van der Waals surface area contributed by atoms with E-state index in [1.54, 1.807) is 0 Å². The molecular formula is C24H26S2. The van der Waals surface area contributed by atoms with E-state index in [0.717, 1.165) is 6.42 Å². The highest BCUT2D eigenvalue weighted by Crippen LogP contribution is 2.40. The zero-order chi connectivity index (χ0) is 18.5. The maximum absolute atomic E-state index is 2.39. The average Bonchev–Trinajstić information content (AvgIpc) is 3.20. The quantitative estimate of drug-likeness (QED) is 0.339. The first-order chi connectivity index (χ1) is 12.3. The summed E-state index contributed by atoms with van der Waals surface area (Å²) < 4.78 is 2.90. The molecule has 0 amide bonds. The van der Waals surface area contributed by atoms with E-state index >= 15 is 0 Å². The molecule has 0 atom stereocenters. The van der Waals surface area contributed by atoms with Crippen molar-refractivity contribution in [3.8, 4) is 0 Å². The van der Waals surface area contributed by atoms with E-state index in [-0.39, 0.29) is 10.8 Å². The highest BCUT2D eigenvalue weighted by Gasteiger charge is 2.26. The van der Waals surface area contributed by atoms with Gasteiger partial charge >= 0.3 is 0 Å². The van der Waals surface area contributed by atoms with Crippen LogP contribution in [0.25, 0.3) is 20.2 Å². The van der Waals surface area contributed by atoms with Crippen molar-refractivity contribution in [1.29, 1.82) is 0 Å². The standard InChI is InChI=1S/C24H26S2/c1-23(2,3)19-10-7-9-18-17(15-26-22(18)19)14-24(4,5)20-11-6-8-16-12-13-25-21(16)20/h6-13,15H,14H2,1-5H3. The van der Waals surface area contributed by atoms with Crippen LogP contribution in [0.5, 0.6) is 0 Å². The summed E-state index contributed by atoms with van der Waals surface area (Å²) in [5.74, 6) is 0. The Hall–Kier alpha value is -1.64. The van der Waals surface area contributed by atoms with Crippen molar-refractivity contribution >= 4 is 42.8 Å². The van der Waals surface area contributed by atoms with E-state index in [4.69, 9.17) is 0 Å². The molecule has 2 heterocycles. The fraction of sp³-hybridized carbons (Fsp3) is 0.333. The van der Waals surface area contributed by atoms with Crippen LogP contribution in [0, 0.1) is 0 Å². The fourth-order valence-electron chi connectivity index (χ4n) is 3.94. The minimum atomic E-state index is 0.107. The number of fused-ring (bicyclic) bond motifs is 2. The van der Waals surface area contributed by atoms with E-state index in [1.165, 1.54) is 36.9 Å². The Labute approximate surface area is 164 Å². The molecule has 0 nitrogen and oxygen atoms in total. The van der Waals surface area contributed by atoms with Crippen molar-refractivity contribution in [1.82, 2.24) is 0 Å².